The molecule has 0 aromatic heterocycles. The van der Waals surface area contributed by atoms with Crippen molar-refractivity contribution in [1.29, 1.82) is 0 Å². The predicted molar refractivity (Wildman–Crippen MR) is 82.3 cm³/mol. The van der Waals surface area contributed by atoms with Gasteiger partial charge in [0.1, 0.15) is 6.04 Å². The van der Waals surface area contributed by atoms with Crippen molar-refractivity contribution in [1.82, 2.24) is 5.32 Å². The summed E-state index contributed by atoms with van der Waals surface area (Å²) in [7, 11) is 0. The molecule has 0 spiro atoms. The van der Waals surface area contributed by atoms with Crippen molar-refractivity contribution in [2.24, 2.45) is 0 Å². The van der Waals surface area contributed by atoms with Gasteiger partial charge in [-0.25, -0.2) is 4.79 Å². The van der Waals surface area contributed by atoms with Crippen LogP contribution in [0, 0.1) is 10.1 Å². The van der Waals surface area contributed by atoms with Gasteiger partial charge in [0, 0.05) is 6.07 Å². The van der Waals surface area contributed by atoms with Gasteiger partial charge in [0.25, 0.3) is 0 Å². The number of nitrogens with zero attached hydrogens (tertiary/aromatic N) is 1. The summed E-state index contributed by atoms with van der Waals surface area (Å²) >= 11 is 0. The van der Waals surface area contributed by atoms with Gasteiger partial charge in [0.15, 0.2) is 5.75 Å². The van der Waals surface area contributed by atoms with Crippen LogP contribution in [-0.4, -0.2) is 34.6 Å². The molecule has 0 bridgehead atoms. The first-order valence-electron chi connectivity index (χ1n) is 7.34. The zero-order valence-corrected chi connectivity index (χ0v) is 12.9. The molecular weight excluding hydrogens is 304 g/mol. The fraction of sp³-hybridized carbons (Fsp3) is 0.467. The smallest absolute Gasteiger partial charge is 0.326 e. The van der Waals surface area contributed by atoms with Crippen LogP contribution in [0.1, 0.15) is 32.6 Å². The molecule has 2 N–H and O–H groups in total. The summed E-state index contributed by atoms with van der Waals surface area (Å²) in [6.45, 7) is 1.86. The van der Waals surface area contributed by atoms with Crippen molar-refractivity contribution in [3.63, 3.8) is 0 Å². The maximum Gasteiger partial charge on any atom is 0.326 e. The Labute approximate surface area is 133 Å². The van der Waals surface area contributed by atoms with Crippen LogP contribution in [0.2, 0.25) is 0 Å². The molecule has 0 saturated heterocycles. The topological polar surface area (TPSA) is 119 Å². The Kier molecular flexibility index (Phi) is 7.52. The van der Waals surface area contributed by atoms with E-state index in [4.69, 9.17) is 9.84 Å². The molecule has 8 nitrogen and oxygen atoms in total. The van der Waals surface area contributed by atoms with Crippen LogP contribution in [0.15, 0.2) is 24.3 Å². The zero-order chi connectivity index (χ0) is 17.2. The van der Waals surface area contributed by atoms with E-state index in [1.807, 2.05) is 6.92 Å². The molecule has 0 radical (unpaired) electrons. The molecule has 0 heterocycles. The predicted octanol–water partition coefficient (Wildman–Crippen LogP) is 2.12. The summed E-state index contributed by atoms with van der Waals surface area (Å²) in [5, 5.41) is 22.3. The van der Waals surface area contributed by atoms with E-state index in [9.17, 15) is 19.7 Å². The molecule has 1 unspecified atom stereocenters. The highest BCUT2D eigenvalue weighted by Crippen LogP contribution is 2.25. The number of carboxylic acid groups (broad SMARTS) is 1. The SMILES string of the molecule is CCCCC(NC(=O)CCOc1ccccc1[N+](=O)[O-])C(=O)O. The Morgan fingerprint density at radius 2 is 2.09 bits per heavy atom. The third kappa shape index (κ3) is 6.33. The number of carboxylic acids is 1. The van der Waals surface area contributed by atoms with Gasteiger partial charge in [-0.1, -0.05) is 31.9 Å². The normalized spacial score (nSPS) is 11.5. The molecule has 0 aliphatic carbocycles. The minimum Gasteiger partial charge on any atom is -0.486 e. The molecule has 0 aliphatic rings. The van der Waals surface area contributed by atoms with Gasteiger partial charge >= 0.3 is 11.7 Å². The Hall–Kier alpha value is -2.64. The monoisotopic (exact) mass is 324 g/mol. The molecule has 23 heavy (non-hydrogen) atoms. The van der Waals surface area contributed by atoms with Crippen LogP contribution in [0.4, 0.5) is 5.69 Å². The van der Waals surface area contributed by atoms with Crippen LogP contribution < -0.4 is 10.1 Å². The first-order chi connectivity index (χ1) is 11.0. The van der Waals surface area contributed by atoms with E-state index in [0.717, 1.165) is 6.42 Å². The van der Waals surface area contributed by atoms with E-state index >= 15 is 0 Å². The van der Waals surface area contributed by atoms with Crippen molar-refractivity contribution in [3.8, 4) is 5.75 Å². The molecule has 1 rings (SSSR count). The highest BCUT2D eigenvalue weighted by atomic mass is 16.6. The molecule has 1 aromatic carbocycles. The number of rotatable bonds is 10. The maximum atomic E-state index is 11.7. The number of nitrogens with one attached hydrogen (secondary N) is 1. The second kappa shape index (κ2) is 9.39. The molecule has 1 aromatic rings. The molecule has 0 saturated carbocycles. The van der Waals surface area contributed by atoms with Crippen LogP contribution in [0.5, 0.6) is 5.75 Å². The number of carbonyl (C=O) groups is 2. The number of aliphatic carboxylic acids is 1. The average Bonchev–Trinajstić information content (AvgIpc) is 2.51. The highest BCUT2D eigenvalue weighted by molar-refractivity contribution is 5.83. The summed E-state index contributed by atoms with van der Waals surface area (Å²) in [6.07, 6.45) is 1.81. The van der Waals surface area contributed by atoms with E-state index in [1.165, 1.54) is 18.2 Å². The summed E-state index contributed by atoms with van der Waals surface area (Å²) in [5.41, 5.74) is -0.181. The van der Waals surface area contributed by atoms with Crippen LogP contribution >= 0.6 is 0 Å². The average molecular weight is 324 g/mol. The Bertz CT molecular complexity index is 561. The number of hydrogen-bond donors (Lipinski definition) is 2. The van der Waals surface area contributed by atoms with Crippen molar-refractivity contribution >= 4 is 17.6 Å². The van der Waals surface area contributed by atoms with Gasteiger partial charge in [-0.3, -0.25) is 14.9 Å². The number of benzene rings is 1. The second-order valence-electron chi connectivity index (χ2n) is 4.92. The first-order valence-corrected chi connectivity index (χ1v) is 7.34. The molecule has 126 valence electrons. The molecule has 1 amide bonds. The Morgan fingerprint density at radius 1 is 1.39 bits per heavy atom. The quantitative estimate of drug-likeness (QED) is 0.502. The van der Waals surface area contributed by atoms with Crippen molar-refractivity contribution in [2.75, 3.05) is 6.61 Å². The van der Waals surface area contributed by atoms with E-state index in [2.05, 4.69) is 5.32 Å². The number of hydrogen-bond acceptors (Lipinski definition) is 5. The zero-order valence-electron chi connectivity index (χ0n) is 12.9. The third-order valence-electron chi connectivity index (χ3n) is 3.13. The van der Waals surface area contributed by atoms with E-state index in [0.29, 0.717) is 12.8 Å². The number of nitro benzene ring substituents is 1. The minimum absolute atomic E-state index is 0.0726. The summed E-state index contributed by atoms with van der Waals surface area (Å²) in [6, 6.07) is 4.93. The Balaban J connectivity index is 2.47. The third-order valence-corrected chi connectivity index (χ3v) is 3.13. The number of para-hydroxylation sites is 2. The summed E-state index contributed by atoms with van der Waals surface area (Å²) < 4.78 is 5.24. The molecular formula is C15H20N2O6. The number of carbonyl (C=O) groups excluding carboxylic acids is 1. The second-order valence-corrected chi connectivity index (χ2v) is 4.92. The highest BCUT2D eigenvalue weighted by Gasteiger charge is 2.19. The largest absolute Gasteiger partial charge is 0.486 e. The van der Waals surface area contributed by atoms with E-state index < -0.39 is 22.8 Å². The minimum atomic E-state index is -1.08. The molecule has 0 aliphatic heterocycles. The molecule has 0 fully saturated rings. The maximum absolute atomic E-state index is 11.7. The van der Waals surface area contributed by atoms with Crippen LogP contribution in [-0.2, 0) is 9.59 Å². The number of nitro groups is 1. The lowest BCUT2D eigenvalue weighted by atomic mass is 10.1. The first kappa shape index (κ1) is 18.4. The van der Waals surface area contributed by atoms with Gasteiger partial charge in [0.2, 0.25) is 5.91 Å². The number of unbranched alkanes of at least 4 members (excludes halogenated alkanes) is 1. The standard InChI is InChI=1S/C15H20N2O6/c1-2-3-6-11(15(19)20)16-14(18)9-10-23-13-8-5-4-7-12(13)17(21)22/h4-5,7-8,11H,2-3,6,9-10H2,1H3,(H,16,18)(H,19,20). The lowest BCUT2D eigenvalue weighted by Crippen LogP contribution is -2.41. The van der Waals surface area contributed by atoms with Gasteiger partial charge in [-0.15, -0.1) is 0 Å². The fourth-order valence-corrected chi connectivity index (χ4v) is 1.92. The number of amides is 1. The lowest BCUT2D eigenvalue weighted by molar-refractivity contribution is -0.385. The summed E-state index contributed by atoms with van der Waals surface area (Å²) in [5.74, 6) is -1.47. The lowest BCUT2D eigenvalue weighted by Gasteiger charge is -2.14. The molecule has 8 heteroatoms. The van der Waals surface area contributed by atoms with Gasteiger partial charge in [-0.05, 0) is 12.5 Å². The van der Waals surface area contributed by atoms with Crippen molar-refractivity contribution in [2.45, 2.75) is 38.6 Å². The van der Waals surface area contributed by atoms with Crippen LogP contribution in [0.3, 0.4) is 0 Å². The van der Waals surface area contributed by atoms with Gasteiger partial charge in [0.05, 0.1) is 18.0 Å². The summed E-state index contributed by atoms with van der Waals surface area (Å²) in [4.78, 5) is 33.0. The number of ether oxygens (including phenoxy) is 1. The van der Waals surface area contributed by atoms with Crippen molar-refractivity contribution < 1.29 is 24.4 Å². The van der Waals surface area contributed by atoms with Gasteiger partial charge in [-0.2, -0.15) is 0 Å². The van der Waals surface area contributed by atoms with Crippen molar-refractivity contribution in [3.05, 3.63) is 34.4 Å². The van der Waals surface area contributed by atoms with Crippen LogP contribution in [0.25, 0.3) is 0 Å². The Morgan fingerprint density at radius 3 is 2.70 bits per heavy atom. The van der Waals surface area contributed by atoms with E-state index in [-0.39, 0.29) is 24.5 Å². The molecule has 1 atom stereocenters. The fourth-order valence-electron chi connectivity index (χ4n) is 1.92. The van der Waals surface area contributed by atoms with Gasteiger partial charge < -0.3 is 15.2 Å². The van der Waals surface area contributed by atoms with E-state index in [1.54, 1.807) is 6.07 Å².